The number of nitrogens with zero attached hydrogens (tertiary/aromatic N) is 3. The zero-order valence-corrected chi connectivity index (χ0v) is 17.9. The minimum Gasteiger partial charge on any atom is -0.342 e. The molecule has 31 heavy (non-hydrogen) atoms. The molecule has 3 aromatic carbocycles. The van der Waals surface area contributed by atoms with E-state index in [4.69, 9.17) is 11.6 Å². The lowest BCUT2D eigenvalue weighted by molar-refractivity contribution is 0.836. The topological polar surface area (TPSA) is 39.3 Å². The molecular formula is C25H16ClN3OS. The Kier molecular flexibility index (Phi) is 4.19. The molecule has 0 aliphatic rings. The van der Waals surface area contributed by atoms with Gasteiger partial charge in [0, 0.05) is 34.2 Å². The van der Waals surface area contributed by atoms with E-state index in [9.17, 15) is 4.79 Å². The Labute approximate surface area is 186 Å². The van der Waals surface area contributed by atoms with Crippen LogP contribution in [0.25, 0.3) is 33.0 Å². The van der Waals surface area contributed by atoms with E-state index in [2.05, 4.69) is 27.9 Å². The highest BCUT2D eigenvalue weighted by atomic mass is 35.5. The van der Waals surface area contributed by atoms with Crippen molar-refractivity contribution < 1.29 is 0 Å². The summed E-state index contributed by atoms with van der Waals surface area (Å²) < 4.78 is 4.60. The predicted molar refractivity (Wildman–Crippen MR) is 128 cm³/mol. The van der Waals surface area contributed by atoms with Gasteiger partial charge in [-0.1, -0.05) is 65.4 Å². The second-order valence-corrected chi connectivity index (χ2v) is 8.94. The normalized spacial score (nSPS) is 12.5. The standard InChI is InChI=1S/C25H16ClN3OS/c26-18-11-9-16(10-12-18)14-28-15-17(19-5-1-3-7-21(19)28)13-23-24(30)29-22-8-4-2-6-20(22)27-25(29)31-23/h1-13,15H,14H2/b23-13-. The predicted octanol–water partition coefficient (Wildman–Crippen LogP) is 5.11. The molecule has 0 unspecified atom stereocenters. The molecule has 0 bridgehead atoms. The molecule has 6 heteroatoms. The van der Waals surface area contributed by atoms with Gasteiger partial charge in [0.1, 0.15) is 0 Å². The quantitative estimate of drug-likeness (QED) is 0.382. The van der Waals surface area contributed by atoms with Crippen molar-refractivity contribution >= 4 is 55.9 Å². The summed E-state index contributed by atoms with van der Waals surface area (Å²) in [5, 5.41) is 1.85. The number of thiazole rings is 1. The monoisotopic (exact) mass is 441 g/mol. The van der Waals surface area contributed by atoms with Crippen LogP contribution in [0.3, 0.4) is 0 Å². The number of imidazole rings is 1. The highest BCUT2D eigenvalue weighted by Crippen LogP contribution is 2.24. The molecule has 0 spiro atoms. The number of halogens is 1. The second kappa shape index (κ2) is 7.08. The zero-order valence-electron chi connectivity index (χ0n) is 16.3. The van der Waals surface area contributed by atoms with Crippen LogP contribution in [0.5, 0.6) is 0 Å². The van der Waals surface area contributed by atoms with Crippen molar-refractivity contribution in [2.24, 2.45) is 0 Å². The van der Waals surface area contributed by atoms with Gasteiger partial charge in [-0.05, 0) is 42.0 Å². The van der Waals surface area contributed by atoms with Crippen LogP contribution in [0.4, 0.5) is 0 Å². The Morgan fingerprint density at radius 3 is 2.52 bits per heavy atom. The van der Waals surface area contributed by atoms with Crippen molar-refractivity contribution in [3.05, 3.63) is 110 Å². The summed E-state index contributed by atoms with van der Waals surface area (Å²) in [5.41, 5.74) is 4.99. The Balaban J connectivity index is 1.52. The van der Waals surface area contributed by atoms with Crippen LogP contribution >= 0.6 is 22.9 Å². The van der Waals surface area contributed by atoms with E-state index < -0.39 is 0 Å². The first-order valence-corrected chi connectivity index (χ1v) is 11.1. The molecule has 0 saturated heterocycles. The number of rotatable bonds is 3. The van der Waals surface area contributed by atoms with Crippen LogP contribution in [0.1, 0.15) is 11.1 Å². The number of hydrogen-bond donors (Lipinski definition) is 0. The lowest BCUT2D eigenvalue weighted by atomic mass is 10.2. The van der Waals surface area contributed by atoms with Crippen molar-refractivity contribution in [3.8, 4) is 0 Å². The molecule has 3 heterocycles. The van der Waals surface area contributed by atoms with E-state index in [1.807, 2.05) is 66.7 Å². The molecule has 0 atom stereocenters. The van der Waals surface area contributed by atoms with Crippen molar-refractivity contribution in [3.63, 3.8) is 0 Å². The Morgan fingerprint density at radius 2 is 1.68 bits per heavy atom. The lowest BCUT2D eigenvalue weighted by Gasteiger charge is -2.05. The zero-order chi connectivity index (χ0) is 20.9. The first-order chi connectivity index (χ1) is 15.2. The fourth-order valence-corrected chi connectivity index (χ4v) is 5.16. The van der Waals surface area contributed by atoms with Gasteiger partial charge in [-0.2, -0.15) is 0 Å². The highest BCUT2D eigenvalue weighted by molar-refractivity contribution is 7.15. The summed E-state index contributed by atoms with van der Waals surface area (Å²) in [6.45, 7) is 0.730. The van der Waals surface area contributed by atoms with Gasteiger partial charge < -0.3 is 4.57 Å². The van der Waals surface area contributed by atoms with E-state index in [1.165, 1.54) is 16.9 Å². The summed E-state index contributed by atoms with van der Waals surface area (Å²) >= 11 is 7.46. The minimum atomic E-state index is -0.0248. The first kappa shape index (κ1) is 18.4. The van der Waals surface area contributed by atoms with Crippen LogP contribution < -0.4 is 10.1 Å². The third-order valence-corrected chi connectivity index (χ3v) is 6.74. The molecule has 6 aromatic rings. The van der Waals surface area contributed by atoms with Gasteiger partial charge in [0.2, 0.25) is 0 Å². The van der Waals surface area contributed by atoms with Crippen LogP contribution in [0, 0.1) is 0 Å². The van der Waals surface area contributed by atoms with Gasteiger partial charge in [-0.15, -0.1) is 0 Å². The maximum Gasteiger partial charge on any atom is 0.274 e. The summed E-state index contributed by atoms with van der Waals surface area (Å²) in [6.07, 6.45) is 4.09. The molecule has 0 fully saturated rings. The van der Waals surface area contributed by atoms with Gasteiger partial charge in [0.25, 0.3) is 5.56 Å². The molecule has 0 aliphatic carbocycles. The molecule has 150 valence electrons. The Bertz CT molecular complexity index is 1690. The maximum atomic E-state index is 13.2. The third kappa shape index (κ3) is 3.05. The fraction of sp³-hybridized carbons (Fsp3) is 0.0400. The van der Waals surface area contributed by atoms with E-state index in [0.717, 1.165) is 44.0 Å². The highest BCUT2D eigenvalue weighted by Gasteiger charge is 2.12. The lowest BCUT2D eigenvalue weighted by Crippen LogP contribution is -2.22. The molecule has 6 rings (SSSR count). The molecule has 0 radical (unpaired) electrons. The largest absolute Gasteiger partial charge is 0.342 e. The number of hydrogen-bond acceptors (Lipinski definition) is 3. The maximum absolute atomic E-state index is 13.2. The molecule has 3 aromatic heterocycles. The van der Waals surface area contributed by atoms with Gasteiger partial charge in [0.05, 0.1) is 15.6 Å². The Hall–Kier alpha value is -3.41. The van der Waals surface area contributed by atoms with Crippen molar-refractivity contribution in [1.29, 1.82) is 0 Å². The van der Waals surface area contributed by atoms with E-state index in [0.29, 0.717) is 4.53 Å². The van der Waals surface area contributed by atoms with Gasteiger partial charge in [-0.3, -0.25) is 4.79 Å². The molecule has 0 saturated carbocycles. The molecule has 0 aliphatic heterocycles. The van der Waals surface area contributed by atoms with Crippen molar-refractivity contribution in [2.75, 3.05) is 0 Å². The second-order valence-electron chi connectivity index (χ2n) is 7.49. The molecule has 0 N–H and O–H groups in total. The SMILES string of the molecule is O=c1/c(=C/c2cn(Cc3ccc(Cl)cc3)c3ccccc23)sc2nc3ccccc3n12. The number of aromatic nitrogens is 3. The average molecular weight is 442 g/mol. The fourth-order valence-electron chi connectivity index (χ4n) is 4.06. The molecular weight excluding hydrogens is 426 g/mol. The summed E-state index contributed by atoms with van der Waals surface area (Å²) in [7, 11) is 0. The van der Waals surface area contributed by atoms with Gasteiger partial charge in [-0.25, -0.2) is 9.38 Å². The molecule has 4 nitrogen and oxygen atoms in total. The van der Waals surface area contributed by atoms with Crippen molar-refractivity contribution in [2.45, 2.75) is 6.54 Å². The Morgan fingerprint density at radius 1 is 0.935 bits per heavy atom. The van der Waals surface area contributed by atoms with Gasteiger partial charge in [0.15, 0.2) is 4.96 Å². The number of fused-ring (bicyclic) bond motifs is 4. The van der Waals surface area contributed by atoms with Gasteiger partial charge >= 0.3 is 0 Å². The number of para-hydroxylation sites is 3. The van der Waals surface area contributed by atoms with Crippen molar-refractivity contribution in [1.82, 2.24) is 14.0 Å². The van der Waals surface area contributed by atoms with Crippen LogP contribution in [-0.4, -0.2) is 14.0 Å². The van der Waals surface area contributed by atoms with Crippen LogP contribution in [0.15, 0.2) is 83.8 Å². The minimum absolute atomic E-state index is 0.0248. The van der Waals surface area contributed by atoms with Crippen LogP contribution in [-0.2, 0) is 6.54 Å². The van der Waals surface area contributed by atoms with E-state index in [1.54, 1.807) is 4.40 Å². The summed E-state index contributed by atoms with van der Waals surface area (Å²) in [6, 6.07) is 23.9. The third-order valence-electron chi connectivity index (χ3n) is 5.52. The molecule has 0 amide bonds. The summed E-state index contributed by atoms with van der Waals surface area (Å²) in [5.74, 6) is 0. The average Bonchev–Trinajstić information content (AvgIpc) is 3.42. The van der Waals surface area contributed by atoms with Crippen LogP contribution in [0.2, 0.25) is 5.02 Å². The van der Waals surface area contributed by atoms with E-state index in [-0.39, 0.29) is 5.56 Å². The first-order valence-electron chi connectivity index (χ1n) is 9.91. The number of benzene rings is 3. The smallest absolute Gasteiger partial charge is 0.274 e. The van der Waals surface area contributed by atoms with E-state index >= 15 is 0 Å². The summed E-state index contributed by atoms with van der Waals surface area (Å²) in [4.78, 5) is 18.5.